The SMILES string of the molecule is CCN(CC(C)C)C(=O)N(C)Cc1ccc(C(=O)O)cc1. The van der Waals surface area contributed by atoms with Crippen molar-refractivity contribution in [1.82, 2.24) is 9.80 Å². The van der Waals surface area contributed by atoms with Gasteiger partial charge >= 0.3 is 12.0 Å². The Balaban J connectivity index is 2.68. The molecular weight excluding hydrogens is 268 g/mol. The molecule has 0 aliphatic heterocycles. The molecule has 0 unspecified atom stereocenters. The number of carbonyl (C=O) groups is 2. The first kappa shape index (κ1) is 17.0. The van der Waals surface area contributed by atoms with Crippen molar-refractivity contribution in [3.8, 4) is 0 Å². The molecular formula is C16H24N2O3. The van der Waals surface area contributed by atoms with Crippen LogP contribution in [0.3, 0.4) is 0 Å². The lowest BCUT2D eigenvalue weighted by atomic mass is 10.1. The summed E-state index contributed by atoms with van der Waals surface area (Å²) < 4.78 is 0. The van der Waals surface area contributed by atoms with E-state index in [1.165, 1.54) is 0 Å². The van der Waals surface area contributed by atoms with E-state index in [2.05, 4.69) is 13.8 Å². The average Bonchev–Trinajstić information content (AvgIpc) is 2.44. The number of carboxylic acid groups (broad SMARTS) is 1. The van der Waals surface area contributed by atoms with Gasteiger partial charge in [0.1, 0.15) is 0 Å². The van der Waals surface area contributed by atoms with Crippen molar-refractivity contribution in [3.63, 3.8) is 0 Å². The van der Waals surface area contributed by atoms with Crippen molar-refractivity contribution >= 4 is 12.0 Å². The summed E-state index contributed by atoms with van der Waals surface area (Å²) in [5.74, 6) is -0.516. The van der Waals surface area contributed by atoms with E-state index < -0.39 is 5.97 Å². The minimum atomic E-state index is -0.944. The zero-order chi connectivity index (χ0) is 16.0. The molecule has 116 valence electrons. The van der Waals surface area contributed by atoms with Crippen molar-refractivity contribution in [2.75, 3.05) is 20.1 Å². The Morgan fingerprint density at radius 1 is 1.19 bits per heavy atom. The van der Waals surface area contributed by atoms with E-state index in [0.29, 0.717) is 19.0 Å². The quantitative estimate of drug-likeness (QED) is 0.877. The summed E-state index contributed by atoms with van der Waals surface area (Å²) in [5.41, 5.74) is 1.17. The van der Waals surface area contributed by atoms with Gasteiger partial charge in [0.15, 0.2) is 0 Å². The minimum absolute atomic E-state index is 0.00601. The predicted octanol–water partition coefficient (Wildman–Crippen LogP) is 2.91. The molecule has 21 heavy (non-hydrogen) atoms. The van der Waals surface area contributed by atoms with E-state index in [1.807, 2.05) is 11.8 Å². The van der Waals surface area contributed by atoms with Gasteiger partial charge in [0.05, 0.1) is 5.56 Å². The Morgan fingerprint density at radius 2 is 1.76 bits per heavy atom. The summed E-state index contributed by atoms with van der Waals surface area (Å²) in [7, 11) is 1.76. The standard InChI is InChI=1S/C16H24N2O3/c1-5-18(10-12(2)3)16(21)17(4)11-13-6-8-14(9-7-13)15(19)20/h6-9,12H,5,10-11H2,1-4H3,(H,19,20). The van der Waals surface area contributed by atoms with Crippen molar-refractivity contribution in [1.29, 1.82) is 0 Å². The summed E-state index contributed by atoms with van der Waals surface area (Å²) in [6.45, 7) is 8.02. The lowest BCUT2D eigenvalue weighted by Crippen LogP contribution is -2.42. The molecule has 0 fully saturated rings. The molecule has 0 saturated heterocycles. The number of hydrogen-bond acceptors (Lipinski definition) is 2. The highest BCUT2D eigenvalue weighted by molar-refractivity contribution is 5.87. The summed E-state index contributed by atoms with van der Waals surface area (Å²) in [5, 5.41) is 8.86. The molecule has 2 amide bonds. The van der Waals surface area contributed by atoms with Gasteiger partial charge in [-0.15, -0.1) is 0 Å². The predicted molar refractivity (Wildman–Crippen MR) is 82.3 cm³/mol. The molecule has 0 radical (unpaired) electrons. The Bertz CT molecular complexity index is 483. The van der Waals surface area contributed by atoms with Crippen LogP contribution in [0.15, 0.2) is 24.3 Å². The molecule has 5 heteroatoms. The second-order valence-corrected chi connectivity index (χ2v) is 5.57. The molecule has 1 aromatic rings. The number of amides is 2. The van der Waals surface area contributed by atoms with E-state index in [0.717, 1.165) is 12.1 Å². The van der Waals surface area contributed by atoms with Gasteiger partial charge in [-0.2, -0.15) is 0 Å². The topological polar surface area (TPSA) is 60.9 Å². The van der Waals surface area contributed by atoms with Gasteiger partial charge in [0, 0.05) is 26.7 Å². The molecule has 5 nitrogen and oxygen atoms in total. The number of carbonyl (C=O) groups excluding carboxylic acids is 1. The van der Waals surface area contributed by atoms with E-state index in [-0.39, 0.29) is 11.6 Å². The van der Waals surface area contributed by atoms with Crippen LogP contribution in [0.1, 0.15) is 36.7 Å². The van der Waals surface area contributed by atoms with Crippen molar-refractivity contribution < 1.29 is 14.7 Å². The van der Waals surface area contributed by atoms with Crippen molar-refractivity contribution in [3.05, 3.63) is 35.4 Å². The van der Waals surface area contributed by atoms with Crippen LogP contribution in [0.5, 0.6) is 0 Å². The summed E-state index contributed by atoms with van der Waals surface area (Å²) >= 11 is 0. The Kier molecular flexibility index (Phi) is 6.21. The third-order valence-corrected chi connectivity index (χ3v) is 3.18. The first-order chi connectivity index (χ1) is 9.85. The maximum absolute atomic E-state index is 12.3. The third-order valence-electron chi connectivity index (χ3n) is 3.18. The largest absolute Gasteiger partial charge is 0.478 e. The number of nitrogens with zero attached hydrogens (tertiary/aromatic N) is 2. The fourth-order valence-corrected chi connectivity index (χ4v) is 2.12. The molecule has 0 aliphatic carbocycles. The van der Waals surface area contributed by atoms with Crippen LogP contribution < -0.4 is 0 Å². The van der Waals surface area contributed by atoms with E-state index in [4.69, 9.17) is 5.11 Å². The second-order valence-electron chi connectivity index (χ2n) is 5.57. The van der Waals surface area contributed by atoms with Gasteiger partial charge in [-0.05, 0) is 30.5 Å². The van der Waals surface area contributed by atoms with Crippen LogP contribution in [0, 0.1) is 5.92 Å². The van der Waals surface area contributed by atoms with E-state index >= 15 is 0 Å². The smallest absolute Gasteiger partial charge is 0.335 e. The highest BCUT2D eigenvalue weighted by atomic mass is 16.4. The lowest BCUT2D eigenvalue weighted by molar-refractivity contribution is 0.0696. The van der Waals surface area contributed by atoms with Gasteiger partial charge in [0.2, 0.25) is 0 Å². The van der Waals surface area contributed by atoms with Gasteiger partial charge in [-0.25, -0.2) is 9.59 Å². The normalized spacial score (nSPS) is 10.5. The molecule has 0 atom stereocenters. The molecule has 0 heterocycles. The number of benzene rings is 1. The molecule has 1 N–H and O–H groups in total. The molecule has 0 aromatic heterocycles. The van der Waals surface area contributed by atoms with Gasteiger partial charge < -0.3 is 14.9 Å². The fourth-order valence-electron chi connectivity index (χ4n) is 2.12. The highest BCUT2D eigenvalue weighted by Crippen LogP contribution is 2.09. The Morgan fingerprint density at radius 3 is 2.19 bits per heavy atom. The summed E-state index contributed by atoms with van der Waals surface area (Å²) in [6, 6.07) is 6.59. The van der Waals surface area contributed by atoms with Gasteiger partial charge in [-0.3, -0.25) is 0 Å². The first-order valence-electron chi connectivity index (χ1n) is 7.17. The molecule has 0 aliphatic rings. The van der Waals surface area contributed by atoms with Crippen LogP contribution in [0.4, 0.5) is 4.79 Å². The van der Waals surface area contributed by atoms with E-state index in [9.17, 15) is 9.59 Å². The Hall–Kier alpha value is -2.04. The monoisotopic (exact) mass is 292 g/mol. The number of aromatic carboxylic acids is 1. The number of rotatable bonds is 6. The summed E-state index contributed by atoms with van der Waals surface area (Å²) in [6.07, 6.45) is 0. The molecule has 0 spiro atoms. The van der Waals surface area contributed by atoms with Gasteiger partial charge in [-0.1, -0.05) is 26.0 Å². The van der Waals surface area contributed by atoms with Crippen LogP contribution in [-0.4, -0.2) is 47.0 Å². The fraction of sp³-hybridized carbons (Fsp3) is 0.500. The maximum Gasteiger partial charge on any atom is 0.335 e. The first-order valence-corrected chi connectivity index (χ1v) is 7.17. The minimum Gasteiger partial charge on any atom is -0.478 e. The molecule has 0 saturated carbocycles. The van der Waals surface area contributed by atoms with Crippen LogP contribution in [-0.2, 0) is 6.54 Å². The number of carboxylic acids is 1. The third kappa shape index (κ3) is 5.10. The van der Waals surface area contributed by atoms with Crippen molar-refractivity contribution in [2.45, 2.75) is 27.3 Å². The zero-order valence-electron chi connectivity index (χ0n) is 13.2. The second kappa shape index (κ2) is 7.67. The average molecular weight is 292 g/mol. The Labute approximate surface area is 126 Å². The molecule has 0 bridgehead atoms. The van der Waals surface area contributed by atoms with Crippen molar-refractivity contribution in [2.24, 2.45) is 5.92 Å². The maximum atomic E-state index is 12.3. The lowest BCUT2D eigenvalue weighted by Gasteiger charge is -2.28. The van der Waals surface area contributed by atoms with E-state index in [1.54, 1.807) is 36.2 Å². The molecule has 1 aromatic carbocycles. The van der Waals surface area contributed by atoms with Crippen LogP contribution >= 0.6 is 0 Å². The highest BCUT2D eigenvalue weighted by Gasteiger charge is 2.17. The zero-order valence-corrected chi connectivity index (χ0v) is 13.2. The summed E-state index contributed by atoms with van der Waals surface area (Å²) in [4.78, 5) is 26.6. The van der Waals surface area contributed by atoms with Gasteiger partial charge in [0.25, 0.3) is 0 Å². The number of hydrogen-bond donors (Lipinski definition) is 1. The number of urea groups is 1. The van der Waals surface area contributed by atoms with Crippen LogP contribution in [0.2, 0.25) is 0 Å². The molecule has 1 rings (SSSR count). The van der Waals surface area contributed by atoms with Crippen LogP contribution in [0.25, 0.3) is 0 Å².